The number of fused-ring (bicyclic) bond motifs is 3. The van der Waals surface area contributed by atoms with E-state index >= 15 is 0 Å². The van der Waals surface area contributed by atoms with Gasteiger partial charge in [0.15, 0.2) is 0 Å². The summed E-state index contributed by atoms with van der Waals surface area (Å²) >= 11 is 0. The van der Waals surface area contributed by atoms with Crippen molar-refractivity contribution in [2.75, 3.05) is 25.4 Å². The number of rotatable bonds is 6. The van der Waals surface area contributed by atoms with E-state index in [1.54, 1.807) is 12.4 Å². The van der Waals surface area contributed by atoms with E-state index in [2.05, 4.69) is 37.0 Å². The molecule has 0 radical (unpaired) electrons. The molecule has 4 aromatic rings. The van der Waals surface area contributed by atoms with E-state index in [1.807, 2.05) is 52.0 Å². The van der Waals surface area contributed by atoms with Gasteiger partial charge in [0, 0.05) is 28.4 Å². The van der Waals surface area contributed by atoms with Crippen molar-refractivity contribution in [3.63, 3.8) is 0 Å². The SMILES string of the molecule is CC.Cc1cnc(C(C)NC(=O)c2ccc(-c3nc4cnc(N)c(C(=N)C#CCN5CCCCC5)c4c4c3CCCC4)cc2)[nH]1. The predicted molar refractivity (Wildman–Crippen MR) is 181 cm³/mol. The summed E-state index contributed by atoms with van der Waals surface area (Å²) in [6.07, 6.45) is 11.1. The van der Waals surface area contributed by atoms with Crippen LogP contribution >= 0.6 is 0 Å². The highest BCUT2D eigenvalue weighted by Gasteiger charge is 2.24. The number of carbonyl (C=O) groups excluding carboxylic acids is 1. The third kappa shape index (κ3) is 7.07. The molecule has 1 atom stereocenters. The number of aromatic nitrogens is 4. The van der Waals surface area contributed by atoms with Crippen LogP contribution in [0.1, 0.15) is 97.5 Å². The van der Waals surface area contributed by atoms with Gasteiger partial charge in [-0.2, -0.15) is 0 Å². The summed E-state index contributed by atoms with van der Waals surface area (Å²) in [5.41, 5.74) is 13.6. The number of nitrogen functional groups attached to an aromatic ring is 1. The third-order valence-electron chi connectivity index (χ3n) is 8.49. The molecule has 3 aromatic heterocycles. The first-order valence-corrected chi connectivity index (χ1v) is 16.2. The van der Waals surface area contributed by atoms with E-state index in [9.17, 15) is 4.79 Å². The van der Waals surface area contributed by atoms with Crippen molar-refractivity contribution >= 4 is 28.3 Å². The van der Waals surface area contributed by atoms with E-state index in [-0.39, 0.29) is 17.7 Å². The summed E-state index contributed by atoms with van der Waals surface area (Å²) in [6.45, 7) is 10.6. The van der Waals surface area contributed by atoms with Gasteiger partial charge in [0.25, 0.3) is 5.91 Å². The minimum absolute atomic E-state index is 0.161. The predicted octanol–water partition coefficient (Wildman–Crippen LogP) is 6.16. The Balaban J connectivity index is 0.00000196. The number of carbonyl (C=O) groups is 1. The van der Waals surface area contributed by atoms with Gasteiger partial charge in [-0.3, -0.25) is 15.1 Å². The molecule has 5 N–H and O–H groups in total. The molecule has 234 valence electrons. The van der Waals surface area contributed by atoms with Crippen LogP contribution in [0, 0.1) is 24.2 Å². The molecule has 2 aliphatic rings. The Morgan fingerprint density at radius 1 is 1.04 bits per heavy atom. The molecule has 0 spiro atoms. The van der Waals surface area contributed by atoms with Gasteiger partial charge in [0.2, 0.25) is 0 Å². The maximum atomic E-state index is 13.0. The lowest BCUT2D eigenvalue weighted by Crippen LogP contribution is -2.29. The fourth-order valence-electron chi connectivity index (χ4n) is 6.23. The van der Waals surface area contributed by atoms with Gasteiger partial charge in [-0.05, 0) is 94.6 Å². The zero-order chi connectivity index (χ0) is 31.9. The summed E-state index contributed by atoms with van der Waals surface area (Å²) in [5.74, 6) is 7.17. The molecule has 9 heteroatoms. The van der Waals surface area contributed by atoms with Crippen LogP contribution in [-0.4, -0.2) is 56.1 Å². The second-order valence-corrected chi connectivity index (χ2v) is 11.6. The highest BCUT2D eigenvalue weighted by atomic mass is 16.1. The first-order valence-electron chi connectivity index (χ1n) is 16.2. The number of nitrogens with two attached hydrogens (primary N) is 1. The smallest absolute Gasteiger partial charge is 0.251 e. The number of amides is 1. The van der Waals surface area contributed by atoms with Crippen LogP contribution in [0.3, 0.4) is 0 Å². The van der Waals surface area contributed by atoms with Crippen molar-refractivity contribution in [1.29, 1.82) is 5.41 Å². The average Bonchev–Trinajstić information content (AvgIpc) is 3.52. The maximum Gasteiger partial charge on any atom is 0.251 e. The van der Waals surface area contributed by atoms with Crippen molar-refractivity contribution in [2.45, 2.75) is 78.7 Å². The normalized spacial score (nSPS) is 15.2. The van der Waals surface area contributed by atoms with Crippen LogP contribution in [0.2, 0.25) is 0 Å². The van der Waals surface area contributed by atoms with Crippen molar-refractivity contribution in [3.8, 4) is 23.1 Å². The van der Waals surface area contributed by atoms with Crippen LogP contribution in [0.4, 0.5) is 5.82 Å². The summed E-state index contributed by atoms with van der Waals surface area (Å²) in [5, 5.41) is 12.8. The molecule has 0 bridgehead atoms. The number of benzene rings is 1. The van der Waals surface area contributed by atoms with Crippen molar-refractivity contribution < 1.29 is 4.79 Å². The molecular weight excluding hydrogens is 560 g/mol. The Kier molecular flexibility index (Phi) is 10.3. The first kappa shape index (κ1) is 31.9. The lowest BCUT2D eigenvalue weighted by molar-refractivity contribution is 0.0938. The molecule has 4 heterocycles. The van der Waals surface area contributed by atoms with Gasteiger partial charge in [-0.15, -0.1) is 0 Å². The number of hydrogen-bond donors (Lipinski definition) is 4. The zero-order valence-corrected chi connectivity index (χ0v) is 26.9. The van der Waals surface area contributed by atoms with E-state index in [4.69, 9.17) is 16.1 Å². The number of piperidine rings is 1. The Bertz CT molecular complexity index is 1740. The molecule has 1 amide bonds. The standard InChI is InChI=1S/C34H38N8O.C2H6/c1-21-19-38-33(39-21)22(2)40-34(43)24-14-12-23(13-15-24)31-26-10-5-4-9-25(26)29-28(41-31)20-37-32(36)30(29)27(35)11-8-18-42-16-6-3-7-17-42;1-2/h12-15,19-20,22,35H,3-7,9-10,16-18H2,1-2H3,(H2,36,37)(H,38,39)(H,40,43);1-2H3. The lowest BCUT2D eigenvalue weighted by atomic mass is 9.84. The number of hydrogen-bond acceptors (Lipinski definition) is 7. The Morgan fingerprint density at radius 3 is 2.44 bits per heavy atom. The minimum Gasteiger partial charge on any atom is -0.383 e. The molecule has 6 rings (SSSR count). The number of aryl methyl sites for hydroxylation is 2. The van der Waals surface area contributed by atoms with Gasteiger partial charge in [-0.25, -0.2) is 15.0 Å². The molecule has 1 aliphatic carbocycles. The Labute approximate surface area is 266 Å². The van der Waals surface area contributed by atoms with Gasteiger partial charge < -0.3 is 16.0 Å². The molecule has 1 aromatic carbocycles. The first-order chi connectivity index (χ1) is 21.9. The van der Waals surface area contributed by atoms with Crippen molar-refractivity contribution in [3.05, 3.63) is 70.4 Å². The summed E-state index contributed by atoms with van der Waals surface area (Å²) in [6, 6.07) is 7.36. The number of H-pyrrole nitrogens is 1. The monoisotopic (exact) mass is 604 g/mol. The quantitative estimate of drug-likeness (QED) is 0.154. The molecule has 1 aliphatic heterocycles. The number of nitrogens with one attached hydrogen (secondary N) is 3. The van der Waals surface area contributed by atoms with E-state index < -0.39 is 0 Å². The minimum atomic E-state index is -0.239. The van der Waals surface area contributed by atoms with E-state index in [0.29, 0.717) is 29.0 Å². The zero-order valence-electron chi connectivity index (χ0n) is 26.9. The third-order valence-corrected chi connectivity index (χ3v) is 8.49. The van der Waals surface area contributed by atoms with Crippen molar-refractivity contribution in [1.82, 2.24) is 30.2 Å². The fourth-order valence-corrected chi connectivity index (χ4v) is 6.23. The molecule has 9 nitrogen and oxygen atoms in total. The Morgan fingerprint density at radius 2 is 1.76 bits per heavy atom. The van der Waals surface area contributed by atoms with E-state index in [0.717, 1.165) is 66.9 Å². The summed E-state index contributed by atoms with van der Waals surface area (Å²) in [7, 11) is 0. The topological polar surface area (TPSA) is 137 Å². The fraction of sp³-hybridized carbons (Fsp3) is 0.417. The van der Waals surface area contributed by atoms with Crippen LogP contribution in [-0.2, 0) is 12.8 Å². The van der Waals surface area contributed by atoms with Gasteiger partial charge in [0.1, 0.15) is 17.4 Å². The molecule has 1 unspecified atom stereocenters. The lowest BCUT2D eigenvalue weighted by Gasteiger charge is -2.24. The Hall–Kier alpha value is -4.55. The van der Waals surface area contributed by atoms with Gasteiger partial charge in [0.05, 0.1) is 35.6 Å². The maximum absolute atomic E-state index is 13.0. The van der Waals surface area contributed by atoms with E-state index in [1.165, 1.54) is 30.4 Å². The second-order valence-electron chi connectivity index (χ2n) is 11.6. The molecule has 0 saturated carbocycles. The van der Waals surface area contributed by atoms with Crippen LogP contribution < -0.4 is 11.1 Å². The number of pyridine rings is 2. The molecular formula is C36H44N8O. The molecule has 1 saturated heterocycles. The molecule has 1 fully saturated rings. The average molecular weight is 605 g/mol. The highest BCUT2D eigenvalue weighted by molar-refractivity contribution is 6.21. The molecule has 45 heavy (non-hydrogen) atoms. The van der Waals surface area contributed by atoms with Crippen LogP contribution in [0.5, 0.6) is 0 Å². The number of anilines is 1. The summed E-state index contributed by atoms with van der Waals surface area (Å²) in [4.78, 5) is 32.3. The highest BCUT2D eigenvalue weighted by Crippen LogP contribution is 2.37. The number of aromatic amines is 1. The largest absolute Gasteiger partial charge is 0.383 e. The second kappa shape index (κ2) is 14.5. The van der Waals surface area contributed by atoms with Gasteiger partial charge >= 0.3 is 0 Å². The number of imidazole rings is 1. The number of likely N-dealkylation sites (tertiary alicyclic amines) is 1. The van der Waals surface area contributed by atoms with Gasteiger partial charge in [-0.1, -0.05) is 38.3 Å². The summed E-state index contributed by atoms with van der Waals surface area (Å²) < 4.78 is 0. The van der Waals surface area contributed by atoms with Crippen LogP contribution in [0.15, 0.2) is 36.7 Å². The number of nitrogens with zero attached hydrogens (tertiary/aromatic N) is 4. The van der Waals surface area contributed by atoms with Crippen LogP contribution in [0.25, 0.3) is 22.2 Å². The van der Waals surface area contributed by atoms with Crippen molar-refractivity contribution in [2.24, 2.45) is 0 Å².